The van der Waals surface area contributed by atoms with Crippen molar-refractivity contribution in [3.05, 3.63) is 53.1 Å². The van der Waals surface area contributed by atoms with Gasteiger partial charge in [-0.3, -0.25) is 0 Å². The Hall–Kier alpha value is -2.33. The van der Waals surface area contributed by atoms with Gasteiger partial charge in [-0.15, -0.1) is 0 Å². The summed E-state index contributed by atoms with van der Waals surface area (Å²) in [6.45, 7) is 8.04. The molecule has 0 fully saturated rings. The first-order valence-electron chi connectivity index (χ1n) is 8.18. The van der Waals surface area contributed by atoms with Crippen LogP contribution in [-0.4, -0.2) is 23.1 Å². The Bertz CT molecular complexity index is 859. The molecule has 0 saturated heterocycles. The third kappa shape index (κ3) is 3.15. The van der Waals surface area contributed by atoms with Gasteiger partial charge in [-0.05, 0) is 50.6 Å². The lowest BCUT2D eigenvalue weighted by Crippen LogP contribution is -2.23. The van der Waals surface area contributed by atoms with Crippen LogP contribution in [0.4, 0.5) is 17.5 Å². The van der Waals surface area contributed by atoms with Crippen molar-refractivity contribution in [2.24, 2.45) is 0 Å². The highest BCUT2D eigenvalue weighted by Gasteiger charge is 2.13. The van der Waals surface area contributed by atoms with Gasteiger partial charge in [0.15, 0.2) is 0 Å². The number of rotatable bonds is 5. The third-order valence-corrected chi connectivity index (χ3v) is 4.57. The first-order chi connectivity index (χ1) is 11.6. The fourth-order valence-corrected chi connectivity index (χ4v) is 2.92. The maximum Gasteiger partial charge on any atom is 0.229 e. The van der Waals surface area contributed by atoms with Gasteiger partial charge < -0.3 is 10.2 Å². The van der Waals surface area contributed by atoms with Gasteiger partial charge in [0.2, 0.25) is 5.95 Å². The average Bonchev–Trinajstić information content (AvgIpc) is 2.60. The Morgan fingerprint density at radius 1 is 1.00 bits per heavy atom. The molecule has 3 rings (SSSR count). The standard InChI is InChI=1S/C19H21ClN4/c1-4-24(5-2)18-14-9-6-7-11-17(14)22-19(23-18)21-16-12-8-10-15(20)13(16)3/h6-12H,4-5H2,1-3H3,(H,21,22,23). The molecule has 0 aliphatic heterocycles. The van der Waals surface area contributed by atoms with Crippen LogP contribution in [-0.2, 0) is 0 Å². The van der Waals surface area contributed by atoms with Crippen LogP contribution in [0.2, 0.25) is 5.02 Å². The lowest BCUT2D eigenvalue weighted by Gasteiger charge is -2.22. The van der Waals surface area contributed by atoms with E-state index in [1.165, 1.54) is 0 Å². The lowest BCUT2D eigenvalue weighted by atomic mass is 10.2. The van der Waals surface area contributed by atoms with Crippen molar-refractivity contribution in [1.82, 2.24) is 9.97 Å². The molecule has 0 saturated carbocycles. The van der Waals surface area contributed by atoms with Crippen LogP contribution in [0.15, 0.2) is 42.5 Å². The molecule has 0 spiro atoms. The maximum absolute atomic E-state index is 6.21. The molecule has 0 atom stereocenters. The van der Waals surface area contributed by atoms with Crippen molar-refractivity contribution < 1.29 is 0 Å². The molecule has 0 aliphatic rings. The molecule has 24 heavy (non-hydrogen) atoms. The fourth-order valence-electron chi connectivity index (χ4n) is 2.74. The van der Waals surface area contributed by atoms with E-state index in [1.807, 2.05) is 43.3 Å². The number of aromatic nitrogens is 2. The second kappa shape index (κ2) is 7.05. The van der Waals surface area contributed by atoms with Crippen molar-refractivity contribution in [3.63, 3.8) is 0 Å². The number of nitrogens with one attached hydrogen (secondary N) is 1. The molecule has 4 nitrogen and oxygen atoms in total. The SMILES string of the molecule is CCN(CC)c1nc(Nc2cccc(Cl)c2C)nc2ccccc12. The number of nitrogens with zero attached hydrogens (tertiary/aromatic N) is 3. The van der Waals surface area contributed by atoms with E-state index in [4.69, 9.17) is 16.6 Å². The quantitative estimate of drug-likeness (QED) is 0.694. The largest absolute Gasteiger partial charge is 0.356 e. The number of para-hydroxylation sites is 1. The number of halogens is 1. The smallest absolute Gasteiger partial charge is 0.229 e. The van der Waals surface area contributed by atoms with E-state index in [9.17, 15) is 0 Å². The molecular formula is C19H21ClN4. The average molecular weight is 341 g/mol. The van der Waals surface area contributed by atoms with Crippen molar-refractivity contribution in [1.29, 1.82) is 0 Å². The molecule has 1 heterocycles. The molecule has 0 radical (unpaired) electrons. The van der Waals surface area contributed by atoms with Crippen LogP contribution in [0.25, 0.3) is 10.9 Å². The van der Waals surface area contributed by atoms with E-state index >= 15 is 0 Å². The molecule has 3 aromatic rings. The minimum absolute atomic E-state index is 0.584. The second-order valence-corrected chi connectivity index (χ2v) is 6.00. The third-order valence-electron chi connectivity index (χ3n) is 4.16. The molecule has 0 unspecified atom stereocenters. The van der Waals surface area contributed by atoms with E-state index in [-0.39, 0.29) is 0 Å². The minimum atomic E-state index is 0.584. The van der Waals surface area contributed by atoms with Gasteiger partial charge in [0.05, 0.1) is 5.52 Å². The van der Waals surface area contributed by atoms with Crippen molar-refractivity contribution in [2.75, 3.05) is 23.3 Å². The summed E-state index contributed by atoms with van der Waals surface area (Å²) < 4.78 is 0. The first kappa shape index (κ1) is 16.5. The van der Waals surface area contributed by atoms with Gasteiger partial charge in [-0.2, -0.15) is 4.98 Å². The molecule has 5 heteroatoms. The summed E-state index contributed by atoms with van der Waals surface area (Å²) in [7, 11) is 0. The second-order valence-electron chi connectivity index (χ2n) is 5.60. The van der Waals surface area contributed by atoms with Crippen LogP contribution in [0, 0.1) is 6.92 Å². The molecular weight excluding hydrogens is 320 g/mol. The highest BCUT2D eigenvalue weighted by molar-refractivity contribution is 6.31. The van der Waals surface area contributed by atoms with Crippen LogP contribution in [0.3, 0.4) is 0 Å². The fraction of sp³-hybridized carbons (Fsp3) is 0.263. The normalized spacial score (nSPS) is 10.8. The summed E-state index contributed by atoms with van der Waals surface area (Å²) in [6, 6.07) is 13.9. The van der Waals surface area contributed by atoms with Crippen molar-refractivity contribution in [2.45, 2.75) is 20.8 Å². The first-order valence-corrected chi connectivity index (χ1v) is 8.55. The number of fused-ring (bicyclic) bond motifs is 1. The molecule has 1 N–H and O–H groups in total. The van der Waals surface area contributed by atoms with E-state index in [2.05, 4.69) is 35.1 Å². The summed E-state index contributed by atoms with van der Waals surface area (Å²) in [5.74, 6) is 1.54. The Morgan fingerprint density at radius 3 is 2.50 bits per heavy atom. The minimum Gasteiger partial charge on any atom is -0.356 e. The summed E-state index contributed by atoms with van der Waals surface area (Å²) in [4.78, 5) is 11.7. The predicted octanol–water partition coefficient (Wildman–Crippen LogP) is 5.18. The van der Waals surface area contributed by atoms with Gasteiger partial charge in [0.25, 0.3) is 0 Å². The zero-order valence-electron chi connectivity index (χ0n) is 14.2. The number of hydrogen-bond donors (Lipinski definition) is 1. The van der Waals surface area contributed by atoms with Gasteiger partial charge in [-0.25, -0.2) is 4.98 Å². The monoisotopic (exact) mass is 340 g/mol. The van der Waals surface area contributed by atoms with E-state index in [0.717, 1.165) is 46.1 Å². The zero-order chi connectivity index (χ0) is 17.1. The van der Waals surface area contributed by atoms with Crippen molar-refractivity contribution >= 4 is 40.0 Å². The summed E-state index contributed by atoms with van der Waals surface area (Å²) in [5, 5.41) is 5.11. The van der Waals surface area contributed by atoms with Gasteiger partial charge in [0.1, 0.15) is 5.82 Å². The Kier molecular flexibility index (Phi) is 4.86. The molecule has 1 aromatic heterocycles. The van der Waals surface area contributed by atoms with Gasteiger partial charge >= 0.3 is 0 Å². The van der Waals surface area contributed by atoms with E-state index in [1.54, 1.807) is 0 Å². The Morgan fingerprint density at radius 2 is 1.75 bits per heavy atom. The Balaban J connectivity index is 2.10. The number of benzene rings is 2. The molecule has 0 aliphatic carbocycles. The van der Waals surface area contributed by atoms with Crippen LogP contribution >= 0.6 is 11.6 Å². The van der Waals surface area contributed by atoms with Gasteiger partial charge in [-0.1, -0.05) is 29.8 Å². The highest BCUT2D eigenvalue weighted by atomic mass is 35.5. The number of anilines is 3. The topological polar surface area (TPSA) is 41.1 Å². The zero-order valence-corrected chi connectivity index (χ0v) is 14.9. The van der Waals surface area contributed by atoms with E-state index in [0.29, 0.717) is 5.95 Å². The maximum atomic E-state index is 6.21. The van der Waals surface area contributed by atoms with Gasteiger partial charge in [0, 0.05) is 29.2 Å². The predicted molar refractivity (Wildman–Crippen MR) is 103 cm³/mol. The molecule has 0 bridgehead atoms. The molecule has 0 amide bonds. The molecule has 2 aromatic carbocycles. The Labute approximate surface area is 147 Å². The lowest BCUT2D eigenvalue weighted by molar-refractivity contribution is 0.850. The molecule has 124 valence electrons. The van der Waals surface area contributed by atoms with Crippen LogP contribution in [0.1, 0.15) is 19.4 Å². The number of hydrogen-bond acceptors (Lipinski definition) is 4. The summed E-state index contributed by atoms with van der Waals surface area (Å²) in [5.41, 5.74) is 2.83. The summed E-state index contributed by atoms with van der Waals surface area (Å²) >= 11 is 6.21. The highest BCUT2D eigenvalue weighted by Crippen LogP contribution is 2.29. The van der Waals surface area contributed by atoms with Crippen LogP contribution < -0.4 is 10.2 Å². The van der Waals surface area contributed by atoms with Crippen LogP contribution in [0.5, 0.6) is 0 Å². The van der Waals surface area contributed by atoms with Crippen molar-refractivity contribution in [3.8, 4) is 0 Å². The van der Waals surface area contributed by atoms with E-state index < -0.39 is 0 Å². The summed E-state index contributed by atoms with van der Waals surface area (Å²) in [6.07, 6.45) is 0.